The van der Waals surface area contributed by atoms with Crippen LogP contribution in [0.3, 0.4) is 0 Å². The van der Waals surface area contributed by atoms with Crippen molar-refractivity contribution in [1.29, 1.82) is 0 Å². The van der Waals surface area contributed by atoms with Crippen LogP contribution in [0, 0.1) is 0 Å². The number of halogens is 1. The predicted molar refractivity (Wildman–Crippen MR) is 59.5 cm³/mol. The Balaban J connectivity index is 3.03. The summed E-state index contributed by atoms with van der Waals surface area (Å²) in [5.41, 5.74) is 5.57. The molecule has 2 N–H and O–H groups in total. The summed E-state index contributed by atoms with van der Waals surface area (Å²) in [4.78, 5) is 9.85. The van der Waals surface area contributed by atoms with E-state index in [9.17, 15) is 0 Å². The number of hydrogen-bond donors (Lipinski definition) is 1. The molecule has 0 radical (unpaired) electrons. The fraction of sp³-hybridized carbons (Fsp3) is 0.333. The molecule has 0 saturated carbocycles. The Morgan fingerprint density at radius 1 is 1.64 bits per heavy atom. The van der Waals surface area contributed by atoms with Gasteiger partial charge in [0.05, 0.1) is 0 Å². The van der Waals surface area contributed by atoms with E-state index in [1.54, 1.807) is 6.08 Å². The Kier molecular flexibility index (Phi) is 3.71. The van der Waals surface area contributed by atoms with Crippen molar-refractivity contribution in [3.05, 3.63) is 24.0 Å². The maximum absolute atomic E-state index is 5.98. The molecule has 0 amide bonds. The molecule has 0 aliphatic carbocycles. The molecule has 4 nitrogen and oxygen atoms in total. The lowest BCUT2D eigenvalue weighted by molar-refractivity contribution is 0.878. The van der Waals surface area contributed by atoms with Crippen molar-refractivity contribution < 1.29 is 0 Å². The van der Waals surface area contributed by atoms with Gasteiger partial charge in [-0.25, -0.2) is 9.97 Å². The fourth-order valence-corrected chi connectivity index (χ4v) is 1.33. The maximum atomic E-state index is 5.98. The van der Waals surface area contributed by atoms with E-state index in [1.807, 2.05) is 11.8 Å². The molecule has 1 heterocycles. The quantitative estimate of drug-likeness (QED) is 0.773. The van der Waals surface area contributed by atoms with E-state index >= 15 is 0 Å². The Labute approximate surface area is 88.4 Å². The number of hydrogen-bond acceptors (Lipinski definition) is 4. The standard InChI is InChI=1S/C9H13ClN4/c1-3-5-14(4-2)9-7(10)8(11)12-6-13-9/h3,6H,1,4-5H2,2H3,(H2,11,12,13). The highest BCUT2D eigenvalue weighted by Gasteiger charge is 2.11. The Hall–Kier alpha value is -1.29. The first kappa shape index (κ1) is 10.8. The van der Waals surface area contributed by atoms with Crippen LogP contribution in [0.2, 0.25) is 5.02 Å². The number of rotatable bonds is 4. The molecule has 1 aromatic heterocycles. The number of nitrogens with two attached hydrogens (primary N) is 1. The Morgan fingerprint density at radius 2 is 2.36 bits per heavy atom. The average Bonchev–Trinajstić information content (AvgIpc) is 2.19. The monoisotopic (exact) mass is 212 g/mol. The maximum Gasteiger partial charge on any atom is 0.153 e. The normalized spacial score (nSPS) is 9.86. The number of nitrogen functional groups attached to an aromatic ring is 1. The minimum absolute atomic E-state index is 0.305. The number of aromatic nitrogens is 2. The number of likely N-dealkylation sites (N-methyl/N-ethyl adjacent to an activating group) is 1. The van der Waals surface area contributed by atoms with Crippen LogP contribution < -0.4 is 10.6 Å². The van der Waals surface area contributed by atoms with Gasteiger partial charge >= 0.3 is 0 Å². The second-order valence-electron chi connectivity index (χ2n) is 2.72. The summed E-state index contributed by atoms with van der Waals surface area (Å²) in [6.45, 7) is 7.16. The summed E-state index contributed by atoms with van der Waals surface area (Å²) in [6, 6.07) is 0. The smallest absolute Gasteiger partial charge is 0.153 e. The minimum Gasteiger partial charge on any atom is -0.382 e. The highest BCUT2D eigenvalue weighted by Crippen LogP contribution is 2.26. The van der Waals surface area contributed by atoms with Crippen molar-refractivity contribution in [1.82, 2.24) is 9.97 Å². The molecule has 76 valence electrons. The summed E-state index contributed by atoms with van der Waals surface area (Å²) in [7, 11) is 0. The first-order valence-electron chi connectivity index (χ1n) is 4.32. The van der Waals surface area contributed by atoms with Gasteiger partial charge < -0.3 is 10.6 Å². The summed E-state index contributed by atoms with van der Waals surface area (Å²) in [5.74, 6) is 0.959. The van der Waals surface area contributed by atoms with Crippen LogP contribution in [0.15, 0.2) is 19.0 Å². The van der Waals surface area contributed by atoms with Crippen LogP contribution in [0.4, 0.5) is 11.6 Å². The predicted octanol–water partition coefficient (Wildman–Crippen LogP) is 1.72. The molecule has 0 aliphatic rings. The molecule has 1 rings (SSSR count). The largest absolute Gasteiger partial charge is 0.382 e. The minimum atomic E-state index is 0.305. The van der Waals surface area contributed by atoms with Crippen molar-refractivity contribution in [3.63, 3.8) is 0 Å². The molecule has 0 atom stereocenters. The van der Waals surface area contributed by atoms with Crippen molar-refractivity contribution in [3.8, 4) is 0 Å². The molecule has 5 heteroatoms. The van der Waals surface area contributed by atoms with Gasteiger partial charge in [-0.1, -0.05) is 17.7 Å². The summed E-state index contributed by atoms with van der Waals surface area (Å²) in [5, 5.41) is 0.399. The van der Waals surface area contributed by atoms with Gasteiger partial charge in [0.15, 0.2) is 5.82 Å². The van der Waals surface area contributed by atoms with Crippen LogP contribution in [0.25, 0.3) is 0 Å². The van der Waals surface area contributed by atoms with Crippen molar-refractivity contribution in [2.75, 3.05) is 23.7 Å². The van der Waals surface area contributed by atoms with Crippen LogP contribution in [0.1, 0.15) is 6.92 Å². The lowest BCUT2D eigenvalue weighted by Gasteiger charge is -2.20. The lowest BCUT2D eigenvalue weighted by Crippen LogP contribution is -2.24. The van der Waals surface area contributed by atoms with Crippen LogP contribution >= 0.6 is 11.6 Å². The lowest BCUT2D eigenvalue weighted by atomic mass is 10.4. The molecule has 0 aromatic carbocycles. The third kappa shape index (κ3) is 2.14. The van der Waals surface area contributed by atoms with E-state index < -0.39 is 0 Å². The van der Waals surface area contributed by atoms with Gasteiger partial charge in [0.2, 0.25) is 0 Å². The molecular weight excluding hydrogens is 200 g/mol. The van der Waals surface area contributed by atoms with E-state index in [0.29, 0.717) is 23.2 Å². The molecule has 0 saturated heterocycles. The molecule has 0 bridgehead atoms. The summed E-state index contributed by atoms with van der Waals surface area (Å²) in [6.07, 6.45) is 3.19. The molecule has 0 spiro atoms. The zero-order valence-electron chi connectivity index (χ0n) is 8.07. The van der Waals surface area contributed by atoms with E-state index in [4.69, 9.17) is 17.3 Å². The third-order valence-corrected chi connectivity index (χ3v) is 2.19. The first-order valence-corrected chi connectivity index (χ1v) is 4.70. The third-order valence-electron chi connectivity index (χ3n) is 1.83. The van der Waals surface area contributed by atoms with E-state index in [2.05, 4.69) is 16.5 Å². The second kappa shape index (κ2) is 4.81. The summed E-state index contributed by atoms with van der Waals surface area (Å²) >= 11 is 5.98. The topological polar surface area (TPSA) is 55.0 Å². The van der Waals surface area contributed by atoms with Crippen molar-refractivity contribution >= 4 is 23.2 Å². The Bertz CT molecular complexity index is 327. The van der Waals surface area contributed by atoms with Gasteiger partial charge in [0.1, 0.15) is 17.2 Å². The highest BCUT2D eigenvalue weighted by molar-refractivity contribution is 6.35. The molecule has 0 aliphatic heterocycles. The number of nitrogens with zero attached hydrogens (tertiary/aromatic N) is 3. The number of anilines is 2. The SMILES string of the molecule is C=CCN(CC)c1ncnc(N)c1Cl. The Morgan fingerprint density at radius 3 is 2.93 bits per heavy atom. The van der Waals surface area contributed by atoms with Crippen LogP contribution in [0.5, 0.6) is 0 Å². The first-order chi connectivity index (χ1) is 6.70. The zero-order chi connectivity index (χ0) is 10.6. The van der Waals surface area contributed by atoms with Gasteiger partial charge in [-0.15, -0.1) is 6.58 Å². The van der Waals surface area contributed by atoms with Gasteiger partial charge in [0.25, 0.3) is 0 Å². The van der Waals surface area contributed by atoms with E-state index in [0.717, 1.165) is 6.54 Å². The zero-order valence-corrected chi connectivity index (χ0v) is 8.83. The second-order valence-corrected chi connectivity index (χ2v) is 3.10. The van der Waals surface area contributed by atoms with Crippen LogP contribution in [-0.4, -0.2) is 23.1 Å². The van der Waals surface area contributed by atoms with E-state index in [-0.39, 0.29) is 0 Å². The van der Waals surface area contributed by atoms with Gasteiger partial charge in [-0.3, -0.25) is 0 Å². The van der Waals surface area contributed by atoms with Crippen molar-refractivity contribution in [2.24, 2.45) is 0 Å². The molecule has 0 unspecified atom stereocenters. The van der Waals surface area contributed by atoms with E-state index in [1.165, 1.54) is 6.33 Å². The molecular formula is C9H13ClN4. The highest BCUT2D eigenvalue weighted by atomic mass is 35.5. The molecule has 14 heavy (non-hydrogen) atoms. The summed E-state index contributed by atoms with van der Waals surface area (Å²) < 4.78 is 0. The fourth-order valence-electron chi connectivity index (χ4n) is 1.12. The van der Waals surface area contributed by atoms with Crippen molar-refractivity contribution in [2.45, 2.75) is 6.92 Å². The average molecular weight is 213 g/mol. The molecule has 0 fully saturated rings. The van der Waals surface area contributed by atoms with Gasteiger partial charge in [-0.2, -0.15) is 0 Å². The van der Waals surface area contributed by atoms with Gasteiger partial charge in [-0.05, 0) is 6.92 Å². The molecule has 1 aromatic rings. The van der Waals surface area contributed by atoms with Crippen LogP contribution in [-0.2, 0) is 0 Å². The van der Waals surface area contributed by atoms with Gasteiger partial charge in [0, 0.05) is 13.1 Å².